The molecule has 0 aliphatic heterocycles. The highest BCUT2D eigenvalue weighted by atomic mass is 16.5. The molecular formula is C7H13NO3. The zero-order chi connectivity index (χ0) is 9.28. The maximum atomic E-state index is 10.5. The second-order valence-electron chi connectivity index (χ2n) is 1.70. The van der Waals surface area contributed by atoms with E-state index in [1.807, 2.05) is 6.79 Å². The molecule has 0 atom stereocenters. The van der Waals surface area contributed by atoms with Crippen LogP contribution in [0.3, 0.4) is 0 Å². The molecule has 0 saturated heterocycles. The van der Waals surface area contributed by atoms with Crippen molar-refractivity contribution < 1.29 is 14.3 Å². The van der Waals surface area contributed by atoms with Crippen LogP contribution in [0.5, 0.6) is 0 Å². The zero-order valence-corrected chi connectivity index (χ0v) is 6.63. The molecule has 0 spiro atoms. The first-order valence-electron chi connectivity index (χ1n) is 3.00. The van der Waals surface area contributed by atoms with E-state index in [1.165, 1.54) is 0 Å². The summed E-state index contributed by atoms with van der Waals surface area (Å²) in [6, 6.07) is 0. The van der Waals surface area contributed by atoms with Crippen molar-refractivity contribution in [2.45, 2.75) is 6.92 Å². The first kappa shape index (κ1) is 12.5. The average Bonchev–Trinajstić information content (AvgIpc) is 2.03. The second-order valence-corrected chi connectivity index (χ2v) is 1.70. The highest BCUT2D eigenvalue weighted by molar-refractivity contribution is 5.86. The molecule has 0 aliphatic carbocycles. The molecule has 4 nitrogen and oxygen atoms in total. The molecule has 4 heteroatoms. The largest absolute Gasteiger partial charge is 0.461 e. The van der Waals surface area contributed by atoms with Gasteiger partial charge in [0.2, 0.25) is 0 Å². The van der Waals surface area contributed by atoms with Crippen molar-refractivity contribution in [3.63, 3.8) is 0 Å². The fourth-order valence-corrected chi connectivity index (χ4v) is 0.275. The lowest BCUT2D eigenvalue weighted by atomic mass is 10.4. The van der Waals surface area contributed by atoms with Crippen molar-refractivity contribution in [2.24, 2.45) is 5.73 Å². The van der Waals surface area contributed by atoms with Crippen LogP contribution in [-0.4, -0.2) is 25.9 Å². The third-order valence-electron chi connectivity index (χ3n) is 0.699. The van der Waals surface area contributed by atoms with E-state index in [2.05, 4.69) is 11.3 Å². The van der Waals surface area contributed by atoms with Gasteiger partial charge in [0.25, 0.3) is 0 Å². The van der Waals surface area contributed by atoms with Gasteiger partial charge < -0.3 is 15.3 Å². The lowest BCUT2D eigenvalue weighted by molar-refractivity contribution is -0.138. The average molecular weight is 159 g/mol. The molecule has 0 aromatic heterocycles. The molecular weight excluding hydrogens is 146 g/mol. The maximum absolute atomic E-state index is 10.5. The number of esters is 1. The Labute approximate surface area is 66.0 Å². The van der Waals surface area contributed by atoms with Gasteiger partial charge >= 0.3 is 5.97 Å². The van der Waals surface area contributed by atoms with Crippen LogP contribution in [0.1, 0.15) is 6.92 Å². The van der Waals surface area contributed by atoms with E-state index in [0.717, 1.165) is 0 Å². The van der Waals surface area contributed by atoms with E-state index in [0.29, 0.717) is 12.1 Å². The quantitative estimate of drug-likeness (QED) is 0.460. The molecule has 0 heterocycles. The summed E-state index contributed by atoms with van der Waals surface area (Å²) in [4.78, 5) is 18.5. The fourth-order valence-electron chi connectivity index (χ4n) is 0.275. The van der Waals surface area contributed by atoms with Crippen LogP contribution < -0.4 is 5.73 Å². The minimum absolute atomic E-state index is 0.270. The van der Waals surface area contributed by atoms with Gasteiger partial charge in [-0.2, -0.15) is 0 Å². The molecule has 0 fully saturated rings. The van der Waals surface area contributed by atoms with Crippen LogP contribution in [0, 0.1) is 0 Å². The van der Waals surface area contributed by atoms with Crippen molar-refractivity contribution in [1.29, 1.82) is 0 Å². The standard InChI is InChI=1S/C6H11NO2.CH2O/c1-5(2)6(8)9-4-3-7;1-2/h1,3-4,7H2,2H3;1H2. The van der Waals surface area contributed by atoms with Gasteiger partial charge in [-0.15, -0.1) is 0 Å². The molecule has 0 amide bonds. The molecule has 0 aliphatic rings. The van der Waals surface area contributed by atoms with Crippen molar-refractivity contribution in [3.8, 4) is 0 Å². The van der Waals surface area contributed by atoms with Crippen LogP contribution in [0.2, 0.25) is 0 Å². The Morgan fingerprint density at radius 3 is 2.27 bits per heavy atom. The monoisotopic (exact) mass is 159 g/mol. The molecule has 0 unspecified atom stereocenters. The van der Waals surface area contributed by atoms with Gasteiger partial charge in [-0.3, -0.25) is 0 Å². The smallest absolute Gasteiger partial charge is 0.333 e. The Morgan fingerprint density at radius 1 is 1.55 bits per heavy atom. The number of carbonyl (C=O) groups is 2. The number of ether oxygens (including phenoxy) is 1. The highest BCUT2D eigenvalue weighted by Crippen LogP contribution is 1.89. The lowest BCUT2D eigenvalue weighted by Gasteiger charge is -1.99. The van der Waals surface area contributed by atoms with E-state index in [-0.39, 0.29) is 12.6 Å². The maximum Gasteiger partial charge on any atom is 0.333 e. The van der Waals surface area contributed by atoms with E-state index >= 15 is 0 Å². The SMILES string of the molecule is C=C(C)C(=O)OCCN.C=O. The number of hydrogen-bond acceptors (Lipinski definition) is 4. The van der Waals surface area contributed by atoms with Crippen LogP contribution in [0.15, 0.2) is 12.2 Å². The van der Waals surface area contributed by atoms with Crippen molar-refractivity contribution >= 4 is 12.8 Å². The minimum Gasteiger partial charge on any atom is -0.461 e. The lowest BCUT2D eigenvalue weighted by Crippen LogP contribution is -2.13. The molecule has 0 rings (SSSR count). The fraction of sp³-hybridized carbons (Fsp3) is 0.429. The second kappa shape index (κ2) is 8.84. The Morgan fingerprint density at radius 2 is 2.00 bits per heavy atom. The molecule has 0 aromatic carbocycles. The number of rotatable bonds is 3. The molecule has 0 aromatic rings. The minimum atomic E-state index is -0.375. The van der Waals surface area contributed by atoms with E-state index in [4.69, 9.17) is 10.5 Å². The van der Waals surface area contributed by atoms with E-state index in [9.17, 15) is 4.79 Å². The molecule has 0 saturated carbocycles. The van der Waals surface area contributed by atoms with Crippen LogP contribution in [0.4, 0.5) is 0 Å². The van der Waals surface area contributed by atoms with Crippen LogP contribution >= 0.6 is 0 Å². The summed E-state index contributed by atoms with van der Waals surface area (Å²) >= 11 is 0. The van der Waals surface area contributed by atoms with Crippen LogP contribution in [-0.2, 0) is 14.3 Å². The molecule has 2 N–H and O–H groups in total. The summed E-state index contributed by atoms with van der Waals surface area (Å²) in [5.74, 6) is -0.375. The normalized spacial score (nSPS) is 7.45. The summed E-state index contributed by atoms with van der Waals surface area (Å²) in [5, 5.41) is 0. The molecule has 11 heavy (non-hydrogen) atoms. The van der Waals surface area contributed by atoms with Gasteiger partial charge in [-0.05, 0) is 6.92 Å². The number of carbonyl (C=O) groups excluding carboxylic acids is 2. The van der Waals surface area contributed by atoms with Crippen molar-refractivity contribution in [2.75, 3.05) is 13.2 Å². The summed E-state index contributed by atoms with van der Waals surface area (Å²) < 4.78 is 4.59. The summed E-state index contributed by atoms with van der Waals surface area (Å²) in [6.45, 7) is 7.62. The zero-order valence-electron chi connectivity index (χ0n) is 6.63. The van der Waals surface area contributed by atoms with Crippen molar-refractivity contribution in [1.82, 2.24) is 0 Å². The highest BCUT2D eigenvalue weighted by Gasteiger charge is 1.99. The third kappa shape index (κ3) is 8.84. The van der Waals surface area contributed by atoms with Gasteiger partial charge in [0.1, 0.15) is 13.4 Å². The molecule has 64 valence electrons. The predicted molar refractivity (Wildman–Crippen MR) is 41.9 cm³/mol. The topological polar surface area (TPSA) is 69.4 Å². The van der Waals surface area contributed by atoms with E-state index < -0.39 is 0 Å². The summed E-state index contributed by atoms with van der Waals surface area (Å²) in [6.07, 6.45) is 0. The Balaban J connectivity index is 0. The molecule has 0 bridgehead atoms. The van der Waals surface area contributed by atoms with Gasteiger partial charge in [0, 0.05) is 12.1 Å². The Hall–Kier alpha value is -1.16. The van der Waals surface area contributed by atoms with E-state index in [1.54, 1.807) is 6.92 Å². The summed E-state index contributed by atoms with van der Waals surface area (Å²) in [5.41, 5.74) is 5.48. The number of nitrogens with two attached hydrogens (primary N) is 1. The summed E-state index contributed by atoms with van der Waals surface area (Å²) in [7, 11) is 0. The number of hydrogen-bond donors (Lipinski definition) is 1. The first-order valence-corrected chi connectivity index (χ1v) is 3.00. The van der Waals surface area contributed by atoms with Gasteiger partial charge in [-0.1, -0.05) is 6.58 Å². The third-order valence-corrected chi connectivity index (χ3v) is 0.699. The van der Waals surface area contributed by atoms with Crippen molar-refractivity contribution in [3.05, 3.63) is 12.2 Å². The Kier molecular flexibility index (Phi) is 10.1. The van der Waals surface area contributed by atoms with Gasteiger partial charge in [-0.25, -0.2) is 4.79 Å². The Bertz CT molecular complexity index is 134. The van der Waals surface area contributed by atoms with Gasteiger partial charge in [0.15, 0.2) is 0 Å². The first-order chi connectivity index (χ1) is 5.18. The van der Waals surface area contributed by atoms with Gasteiger partial charge in [0.05, 0.1) is 0 Å². The van der Waals surface area contributed by atoms with Crippen LogP contribution in [0.25, 0.3) is 0 Å². The molecule has 0 radical (unpaired) electrons. The predicted octanol–water partition coefficient (Wildman–Crippen LogP) is -0.120.